The molecule has 0 bridgehead atoms. The molecule has 36 heavy (non-hydrogen) atoms. The fraction of sp³-hybridized carbons (Fsp3) is 0.154. The summed E-state index contributed by atoms with van der Waals surface area (Å²) >= 11 is 2.72. The highest BCUT2D eigenvalue weighted by atomic mass is 32.2. The van der Waals surface area contributed by atoms with E-state index in [0.717, 1.165) is 4.88 Å². The van der Waals surface area contributed by atoms with Crippen molar-refractivity contribution in [2.75, 3.05) is 12.4 Å². The summed E-state index contributed by atoms with van der Waals surface area (Å²) in [5.74, 6) is -1.93. The van der Waals surface area contributed by atoms with Crippen LogP contribution in [0.2, 0.25) is 0 Å². The van der Waals surface area contributed by atoms with E-state index in [1.165, 1.54) is 47.4 Å². The van der Waals surface area contributed by atoms with Gasteiger partial charge in [0.25, 0.3) is 0 Å². The zero-order valence-electron chi connectivity index (χ0n) is 19.0. The lowest BCUT2D eigenvalue weighted by atomic mass is 9.83. The van der Waals surface area contributed by atoms with Gasteiger partial charge in [0.05, 0.1) is 40.0 Å². The molecule has 0 fully saturated rings. The fourth-order valence-corrected chi connectivity index (χ4v) is 5.29. The van der Waals surface area contributed by atoms with E-state index in [-0.39, 0.29) is 35.1 Å². The number of thiophene rings is 1. The maximum absolute atomic E-state index is 13.6. The van der Waals surface area contributed by atoms with Gasteiger partial charge < -0.3 is 15.2 Å². The van der Waals surface area contributed by atoms with Gasteiger partial charge in [0.2, 0.25) is 5.88 Å². The predicted octanol–water partition coefficient (Wildman–Crippen LogP) is 5.24. The van der Waals surface area contributed by atoms with E-state index < -0.39 is 17.7 Å². The zero-order valence-corrected chi connectivity index (χ0v) is 20.7. The molecule has 3 aromatic rings. The number of hydrogen-bond acceptors (Lipinski definition) is 9. The number of hydrogen-bond donors (Lipinski definition) is 1. The molecule has 2 N–H and O–H groups in total. The van der Waals surface area contributed by atoms with E-state index in [4.69, 9.17) is 15.2 Å². The summed E-state index contributed by atoms with van der Waals surface area (Å²) in [6.07, 6.45) is 0. The molecule has 10 heteroatoms. The number of benzene rings is 1. The Morgan fingerprint density at radius 1 is 1.22 bits per heavy atom. The average Bonchev–Trinajstić information content (AvgIpc) is 3.42. The highest BCUT2D eigenvalue weighted by Crippen LogP contribution is 2.41. The number of thioether (sulfide) groups is 1. The number of aromatic nitrogens is 1. The van der Waals surface area contributed by atoms with Gasteiger partial charge in [-0.1, -0.05) is 30.0 Å². The van der Waals surface area contributed by atoms with Crippen LogP contribution >= 0.6 is 23.1 Å². The lowest BCUT2D eigenvalue weighted by molar-refractivity contribution is -0.139. The molecule has 7 nitrogen and oxygen atoms in total. The molecule has 1 aromatic carbocycles. The highest BCUT2D eigenvalue weighted by Gasteiger charge is 2.37. The van der Waals surface area contributed by atoms with Crippen LogP contribution in [0, 0.1) is 28.5 Å². The van der Waals surface area contributed by atoms with Crippen LogP contribution in [0.4, 0.5) is 4.39 Å². The molecular weight excluding hydrogens is 499 g/mol. The molecule has 2 aromatic heterocycles. The van der Waals surface area contributed by atoms with E-state index >= 15 is 0 Å². The van der Waals surface area contributed by atoms with Gasteiger partial charge in [-0.05, 0) is 48.2 Å². The van der Waals surface area contributed by atoms with Crippen LogP contribution in [-0.2, 0) is 14.3 Å². The van der Waals surface area contributed by atoms with E-state index in [1.807, 2.05) is 23.6 Å². The monoisotopic (exact) mass is 518 g/mol. The van der Waals surface area contributed by atoms with Crippen molar-refractivity contribution in [3.8, 4) is 22.7 Å². The molecule has 1 aliphatic heterocycles. The second-order valence-electron chi connectivity index (χ2n) is 7.46. The van der Waals surface area contributed by atoms with E-state index in [1.54, 1.807) is 19.1 Å². The van der Waals surface area contributed by atoms with Crippen molar-refractivity contribution in [2.45, 2.75) is 17.9 Å². The third-order valence-electron chi connectivity index (χ3n) is 5.29. The number of halogens is 1. The molecule has 1 unspecified atom stereocenters. The second-order valence-corrected chi connectivity index (χ2v) is 9.37. The lowest BCUT2D eigenvalue weighted by Crippen LogP contribution is -2.27. The predicted molar refractivity (Wildman–Crippen MR) is 134 cm³/mol. The zero-order chi connectivity index (χ0) is 25.7. The Labute approximate surface area is 215 Å². The summed E-state index contributed by atoms with van der Waals surface area (Å²) in [6, 6.07) is 16.9. The quantitative estimate of drug-likeness (QED) is 0.333. The van der Waals surface area contributed by atoms with Crippen molar-refractivity contribution in [3.05, 3.63) is 93.6 Å². The van der Waals surface area contributed by atoms with Crippen LogP contribution < -0.4 is 5.73 Å². The number of nitrogens with two attached hydrogens (primary N) is 1. The molecule has 180 valence electrons. The number of allylic oxidation sites excluding steroid dienone is 1. The Bertz CT molecular complexity index is 1440. The summed E-state index contributed by atoms with van der Waals surface area (Å²) in [5.41, 5.74) is 7.77. The van der Waals surface area contributed by atoms with Crippen LogP contribution in [0.3, 0.4) is 0 Å². The number of nitriles is 2. The van der Waals surface area contributed by atoms with Gasteiger partial charge in [-0.15, -0.1) is 11.3 Å². The Balaban J connectivity index is 1.76. The molecule has 0 saturated heterocycles. The number of carbonyl (C=O) groups is 1. The largest absolute Gasteiger partial charge is 0.463 e. The van der Waals surface area contributed by atoms with Crippen molar-refractivity contribution in [1.82, 2.24) is 4.98 Å². The number of ether oxygens (including phenoxy) is 2. The van der Waals surface area contributed by atoms with Crippen LogP contribution in [0.1, 0.15) is 24.0 Å². The van der Waals surface area contributed by atoms with Gasteiger partial charge in [0, 0.05) is 0 Å². The summed E-state index contributed by atoms with van der Waals surface area (Å²) in [4.78, 5) is 18.7. The topological polar surface area (TPSA) is 122 Å². The molecule has 0 aliphatic carbocycles. The smallest absolute Gasteiger partial charge is 0.338 e. The first-order valence-electron chi connectivity index (χ1n) is 10.8. The number of rotatable bonds is 7. The van der Waals surface area contributed by atoms with Gasteiger partial charge >= 0.3 is 5.97 Å². The first kappa shape index (κ1) is 25.0. The normalized spacial score (nSPS) is 15.2. The Kier molecular flexibility index (Phi) is 7.69. The number of esters is 1. The molecule has 4 rings (SSSR count). The van der Waals surface area contributed by atoms with Crippen molar-refractivity contribution in [1.29, 1.82) is 10.5 Å². The fourth-order valence-electron chi connectivity index (χ4n) is 3.68. The van der Waals surface area contributed by atoms with E-state index in [2.05, 4.69) is 11.1 Å². The van der Waals surface area contributed by atoms with Crippen LogP contribution in [0.25, 0.3) is 10.6 Å². The van der Waals surface area contributed by atoms with Crippen molar-refractivity contribution < 1.29 is 18.7 Å². The number of nitrogens with zero attached hydrogens (tertiary/aromatic N) is 3. The van der Waals surface area contributed by atoms with Gasteiger partial charge in [-0.3, -0.25) is 0 Å². The van der Waals surface area contributed by atoms with E-state index in [9.17, 15) is 19.7 Å². The average molecular weight is 519 g/mol. The van der Waals surface area contributed by atoms with Crippen molar-refractivity contribution in [3.63, 3.8) is 0 Å². The lowest BCUT2D eigenvalue weighted by Gasteiger charge is -2.28. The molecular formula is C26H19FN4O3S2. The maximum Gasteiger partial charge on any atom is 0.338 e. The van der Waals surface area contributed by atoms with Crippen LogP contribution in [-0.4, -0.2) is 23.3 Å². The number of pyridine rings is 1. The Morgan fingerprint density at radius 3 is 2.64 bits per heavy atom. The molecule has 1 aliphatic rings. The minimum atomic E-state index is -0.903. The third kappa shape index (κ3) is 5.10. The Hall–Kier alpha value is -4.12. The first-order valence-corrected chi connectivity index (χ1v) is 12.6. The molecule has 0 amide bonds. The SMILES string of the molecule is CCOC(=O)C1=C(CSc2nc(-c3cccs3)ccc2C#N)OC(N)=C(C#N)C1c1ccc(F)cc1. The van der Waals surface area contributed by atoms with E-state index in [0.29, 0.717) is 21.8 Å². The van der Waals surface area contributed by atoms with Gasteiger partial charge in [0.15, 0.2) is 0 Å². The molecule has 0 saturated carbocycles. The standard InChI is InChI=1S/C26H19FN4O3S2/c1-2-33-26(32)23-20(34-24(30)18(13-29)22(23)15-5-8-17(27)9-6-15)14-36-25-16(12-28)7-10-19(31-25)21-4-3-11-35-21/h3-11,22H,2,14,30H2,1H3. The number of carbonyl (C=O) groups excluding carboxylic acids is 1. The van der Waals surface area contributed by atoms with Gasteiger partial charge in [-0.25, -0.2) is 14.2 Å². The molecule has 0 radical (unpaired) electrons. The summed E-state index contributed by atoms with van der Waals surface area (Å²) in [5, 5.41) is 21.8. The van der Waals surface area contributed by atoms with Crippen molar-refractivity contribution >= 4 is 29.1 Å². The minimum absolute atomic E-state index is 0.0222. The van der Waals surface area contributed by atoms with Gasteiger partial charge in [-0.2, -0.15) is 10.5 Å². The maximum atomic E-state index is 13.6. The highest BCUT2D eigenvalue weighted by molar-refractivity contribution is 7.99. The first-order chi connectivity index (χ1) is 17.5. The van der Waals surface area contributed by atoms with Gasteiger partial charge in [0.1, 0.15) is 34.3 Å². The van der Waals surface area contributed by atoms with Crippen molar-refractivity contribution in [2.24, 2.45) is 5.73 Å². The summed E-state index contributed by atoms with van der Waals surface area (Å²) in [6.45, 7) is 1.76. The second kappa shape index (κ2) is 11.1. The Morgan fingerprint density at radius 2 is 2.00 bits per heavy atom. The molecule has 0 spiro atoms. The van der Waals surface area contributed by atoms with Crippen LogP contribution in [0.5, 0.6) is 0 Å². The molecule has 1 atom stereocenters. The molecule has 3 heterocycles. The van der Waals surface area contributed by atoms with Crippen LogP contribution in [0.15, 0.2) is 81.7 Å². The third-order valence-corrected chi connectivity index (χ3v) is 7.17. The summed E-state index contributed by atoms with van der Waals surface area (Å²) < 4.78 is 24.6. The minimum Gasteiger partial charge on any atom is -0.463 e. The summed E-state index contributed by atoms with van der Waals surface area (Å²) in [7, 11) is 0.